The average molecular weight is 397 g/mol. The van der Waals surface area contributed by atoms with Gasteiger partial charge in [0.1, 0.15) is 0 Å². The van der Waals surface area contributed by atoms with Gasteiger partial charge in [-0.05, 0) is 56.0 Å². The van der Waals surface area contributed by atoms with E-state index in [1.54, 1.807) is 30.3 Å². The van der Waals surface area contributed by atoms with Gasteiger partial charge in [-0.2, -0.15) is 0 Å². The largest absolute Gasteiger partial charge is 0.459 e. The third-order valence-corrected chi connectivity index (χ3v) is 5.05. The minimum atomic E-state index is -0.363. The summed E-state index contributed by atoms with van der Waals surface area (Å²) >= 11 is 0. The van der Waals surface area contributed by atoms with Crippen LogP contribution in [0.1, 0.15) is 58.6 Å². The molecule has 7 heteroatoms. The molecule has 2 aromatic rings. The van der Waals surface area contributed by atoms with E-state index in [0.29, 0.717) is 37.2 Å². The Morgan fingerprint density at radius 2 is 2.00 bits per heavy atom. The molecule has 1 aromatic heterocycles. The fourth-order valence-electron chi connectivity index (χ4n) is 3.34. The zero-order chi connectivity index (χ0) is 20.6. The second kappa shape index (κ2) is 9.91. The van der Waals surface area contributed by atoms with Crippen molar-refractivity contribution in [3.05, 3.63) is 53.5 Å². The third-order valence-electron chi connectivity index (χ3n) is 5.05. The van der Waals surface area contributed by atoms with Gasteiger partial charge in [0.2, 0.25) is 5.91 Å². The van der Waals surface area contributed by atoms with Crippen LogP contribution in [0.4, 0.5) is 5.69 Å². The molecule has 0 unspecified atom stereocenters. The third kappa shape index (κ3) is 5.70. The Morgan fingerprint density at radius 1 is 1.14 bits per heavy atom. The summed E-state index contributed by atoms with van der Waals surface area (Å²) in [5.74, 6) is -0.148. The number of furan rings is 1. The van der Waals surface area contributed by atoms with Gasteiger partial charge in [0.25, 0.3) is 11.8 Å². The van der Waals surface area contributed by atoms with Gasteiger partial charge in [0, 0.05) is 37.3 Å². The quantitative estimate of drug-likeness (QED) is 0.701. The molecule has 0 saturated carbocycles. The van der Waals surface area contributed by atoms with Crippen LogP contribution >= 0.6 is 0 Å². The van der Waals surface area contributed by atoms with Crippen LogP contribution in [0.5, 0.6) is 0 Å². The molecule has 1 aromatic carbocycles. The van der Waals surface area contributed by atoms with E-state index in [4.69, 9.17) is 4.42 Å². The number of aryl methyl sites for hydroxylation is 1. The number of hydrogen-bond donors (Lipinski definition) is 2. The summed E-state index contributed by atoms with van der Waals surface area (Å²) in [5.41, 5.74) is 1.88. The van der Waals surface area contributed by atoms with Gasteiger partial charge in [0.05, 0.1) is 6.26 Å². The molecule has 0 aliphatic carbocycles. The van der Waals surface area contributed by atoms with Crippen LogP contribution in [0, 0.1) is 6.92 Å². The predicted molar refractivity (Wildman–Crippen MR) is 110 cm³/mol. The number of carbonyl (C=O) groups excluding carboxylic acids is 3. The maximum atomic E-state index is 12.5. The number of amides is 3. The molecule has 0 bridgehead atoms. The second-order valence-corrected chi connectivity index (χ2v) is 7.26. The molecule has 154 valence electrons. The van der Waals surface area contributed by atoms with Gasteiger partial charge < -0.3 is 20.0 Å². The van der Waals surface area contributed by atoms with Crippen LogP contribution in [0.15, 0.2) is 41.0 Å². The van der Waals surface area contributed by atoms with Crippen LogP contribution in [0.2, 0.25) is 0 Å². The van der Waals surface area contributed by atoms with E-state index in [1.165, 1.54) is 6.26 Å². The van der Waals surface area contributed by atoms with Crippen molar-refractivity contribution in [1.29, 1.82) is 0 Å². The van der Waals surface area contributed by atoms with Crippen molar-refractivity contribution in [2.45, 2.75) is 39.0 Å². The standard InChI is InChI=1S/C22H27N3O4/c1-16-9-10-17(15-18(16)24-22(28)19-7-5-14-29-19)21(27)23-11-6-13-25-12-4-2-3-8-20(25)26/h5,7,9-10,14-15H,2-4,6,8,11-13H2,1H3,(H,23,27)(H,24,28). The minimum Gasteiger partial charge on any atom is -0.459 e. The summed E-state index contributed by atoms with van der Waals surface area (Å²) in [6, 6.07) is 8.40. The number of likely N-dealkylation sites (tertiary alicyclic amines) is 1. The van der Waals surface area contributed by atoms with Crippen LogP contribution < -0.4 is 10.6 Å². The number of anilines is 1. The first-order chi connectivity index (χ1) is 14.0. The van der Waals surface area contributed by atoms with Crippen LogP contribution in [0.3, 0.4) is 0 Å². The SMILES string of the molecule is Cc1ccc(C(=O)NCCCN2CCCCCC2=O)cc1NC(=O)c1ccco1. The Hall–Kier alpha value is -3.09. The molecule has 0 atom stereocenters. The molecule has 2 heterocycles. The summed E-state index contributed by atoms with van der Waals surface area (Å²) in [4.78, 5) is 38.6. The highest BCUT2D eigenvalue weighted by Crippen LogP contribution is 2.18. The number of benzene rings is 1. The Balaban J connectivity index is 1.51. The van der Waals surface area contributed by atoms with Gasteiger partial charge in [-0.15, -0.1) is 0 Å². The molecule has 0 spiro atoms. The maximum Gasteiger partial charge on any atom is 0.291 e. The molecular formula is C22H27N3O4. The van der Waals surface area contributed by atoms with Gasteiger partial charge in [-0.3, -0.25) is 14.4 Å². The number of nitrogens with zero attached hydrogens (tertiary/aromatic N) is 1. The van der Waals surface area contributed by atoms with Gasteiger partial charge in [-0.1, -0.05) is 12.5 Å². The van der Waals surface area contributed by atoms with Crippen molar-refractivity contribution in [2.24, 2.45) is 0 Å². The lowest BCUT2D eigenvalue weighted by Crippen LogP contribution is -2.34. The summed E-state index contributed by atoms with van der Waals surface area (Å²) in [5, 5.41) is 5.66. The number of hydrogen-bond acceptors (Lipinski definition) is 4. The van der Waals surface area contributed by atoms with E-state index in [2.05, 4.69) is 10.6 Å². The number of carbonyl (C=O) groups is 3. The van der Waals surface area contributed by atoms with E-state index in [0.717, 1.165) is 31.4 Å². The van der Waals surface area contributed by atoms with Gasteiger partial charge in [-0.25, -0.2) is 0 Å². The molecule has 3 amide bonds. The summed E-state index contributed by atoms with van der Waals surface area (Å²) in [7, 11) is 0. The van der Waals surface area contributed by atoms with Crippen LogP contribution in [-0.2, 0) is 4.79 Å². The van der Waals surface area contributed by atoms with E-state index < -0.39 is 0 Å². The zero-order valence-electron chi connectivity index (χ0n) is 16.7. The highest BCUT2D eigenvalue weighted by Gasteiger charge is 2.16. The molecule has 1 fully saturated rings. The summed E-state index contributed by atoms with van der Waals surface area (Å²) < 4.78 is 5.10. The monoisotopic (exact) mass is 397 g/mol. The van der Waals surface area contributed by atoms with Crippen molar-refractivity contribution in [2.75, 3.05) is 25.0 Å². The summed E-state index contributed by atoms with van der Waals surface area (Å²) in [6.45, 7) is 3.82. The average Bonchev–Trinajstić information content (AvgIpc) is 3.18. The first kappa shape index (κ1) is 20.6. The lowest BCUT2D eigenvalue weighted by atomic mass is 10.1. The molecule has 2 N–H and O–H groups in total. The molecule has 7 nitrogen and oxygen atoms in total. The Bertz CT molecular complexity index is 861. The molecule has 0 radical (unpaired) electrons. The van der Waals surface area contributed by atoms with Crippen molar-refractivity contribution in [1.82, 2.24) is 10.2 Å². The van der Waals surface area contributed by atoms with Crippen molar-refractivity contribution in [3.63, 3.8) is 0 Å². The lowest BCUT2D eigenvalue weighted by Gasteiger charge is -2.20. The maximum absolute atomic E-state index is 12.5. The van der Waals surface area contributed by atoms with E-state index in [1.807, 2.05) is 11.8 Å². The molecule has 1 aliphatic rings. The van der Waals surface area contributed by atoms with E-state index >= 15 is 0 Å². The topological polar surface area (TPSA) is 91.7 Å². The van der Waals surface area contributed by atoms with Crippen molar-refractivity contribution >= 4 is 23.4 Å². The highest BCUT2D eigenvalue weighted by atomic mass is 16.3. The Kier molecular flexibility index (Phi) is 7.05. The van der Waals surface area contributed by atoms with Gasteiger partial charge in [0.15, 0.2) is 5.76 Å². The zero-order valence-corrected chi connectivity index (χ0v) is 16.7. The van der Waals surface area contributed by atoms with Crippen molar-refractivity contribution < 1.29 is 18.8 Å². The Labute approximate surface area is 170 Å². The normalized spacial score (nSPS) is 14.4. The van der Waals surface area contributed by atoms with E-state index in [-0.39, 0.29) is 23.5 Å². The summed E-state index contributed by atoms with van der Waals surface area (Å²) in [6.07, 6.45) is 5.90. The number of nitrogens with one attached hydrogen (secondary N) is 2. The molecule has 3 rings (SSSR count). The Morgan fingerprint density at radius 3 is 2.79 bits per heavy atom. The van der Waals surface area contributed by atoms with Crippen LogP contribution in [0.25, 0.3) is 0 Å². The van der Waals surface area contributed by atoms with Crippen LogP contribution in [-0.4, -0.2) is 42.3 Å². The fraction of sp³-hybridized carbons (Fsp3) is 0.409. The van der Waals surface area contributed by atoms with Crippen molar-refractivity contribution in [3.8, 4) is 0 Å². The van der Waals surface area contributed by atoms with Gasteiger partial charge >= 0.3 is 0 Å². The molecule has 1 saturated heterocycles. The second-order valence-electron chi connectivity index (χ2n) is 7.26. The fourth-order valence-corrected chi connectivity index (χ4v) is 3.34. The molecule has 29 heavy (non-hydrogen) atoms. The first-order valence-electron chi connectivity index (χ1n) is 10.1. The lowest BCUT2D eigenvalue weighted by molar-refractivity contribution is -0.130. The predicted octanol–water partition coefficient (Wildman–Crippen LogP) is 3.36. The van der Waals surface area contributed by atoms with E-state index in [9.17, 15) is 14.4 Å². The first-order valence-corrected chi connectivity index (χ1v) is 10.1. The molecular weight excluding hydrogens is 370 g/mol. The highest BCUT2D eigenvalue weighted by molar-refractivity contribution is 6.03. The number of rotatable bonds is 7. The smallest absolute Gasteiger partial charge is 0.291 e. The minimum absolute atomic E-state index is 0.208. The molecule has 1 aliphatic heterocycles.